The zero-order valence-corrected chi connectivity index (χ0v) is 27.9. The highest BCUT2D eigenvalue weighted by Crippen LogP contribution is 2.41. The molecular weight excluding hydrogens is 533 g/mol. The number of anilines is 2. The SMILES string of the molecule is CCCCCCCC(=S)c1nc(Nc2cc(C(C)(C)C)c(O)c(C(C)(C)C)c2)nc(C(=S)CCCCCCC)n1. The van der Waals surface area contributed by atoms with E-state index in [2.05, 4.69) is 60.7 Å². The Labute approximate surface area is 254 Å². The van der Waals surface area contributed by atoms with E-state index in [1.54, 1.807) is 0 Å². The van der Waals surface area contributed by atoms with Crippen molar-refractivity contribution < 1.29 is 5.11 Å². The first-order valence-electron chi connectivity index (χ1n) is 15.2. The molecular formula is C33H52N4OS2. The number of thiocarbonyl (C=S) groups is 2. The van der Waals surface area contributed by atoms with Gasteiger partial charge in [-0.3, -0.25) is 0 Å². The molecule has 1 aromatic carbocycles. The Bertz CT molecular complexity index is 1050. The van der Waals surface area contributed by atoms with Crippen LogP contribution >= 0.6 is 24.4 Å². The quantitative estimate of drug-likeness (QED) is 0.0880. The summed E-state index contributed by atoms with van der Waals surface area (Å²) in [6, 6.07) is 3.98. The van der Waals surface area contributed by atoms with E-state index >= 15 is 0 Å². The Morgan fingerprint density at radius 2 is 1.07 bits per heavy atom. The first kappa shape index (κ1) is 34.2. The molecule has 0 aliphatic heterocycles. The van der Waals surface area contributed by atoms with Crippen LogP contribution in [0.5, 0.6) is 5.75 Å². The molecule has 0 atom stereocenters. The van der Waals surface area contributed by atoms with Gasteiger partial charge < -0.3 is 10.4 Å². The topological polar surface area (TPSA) is 70.9 Å². The number of unbranched alkanes of at least 4 members (excludes halogenated alkanes) is 8. The fourth-order valence-corrected chi connectivity index (χ4v) is 5.13. The summed E-state index contributed by atoms with van der Waals surface area (Å²) in [5.74, 6) is 1.86. The second kappa shape index (κ2) is 15.9. The number of hydrogen-bond acceptors (Lipinski definition) is 7. The van der Waals surface area contributed by atoms with Crippen molar-refractivity contribution in [2.45, 2.75) is 143 Å². The van der Waals surface area contributed by atoms with Crippen molar-refractivity contribution in [3.63, 3.8) is 0 Å². The van der Waals surface area contributed by atoms with Crippen LogP contribution in [0.3, 0.4) is 0 Å². The summed E-state index contributed by atoms with van der Waals surface area (Å²) < 4.78 is 0. The fraction of sp³-hybridized carbons (Fsp3) is 0.667. The third-order valence-corrected chi connectivity index (χ3v) is 7.90. The van der Waals surface area contributed by atoms with Gasteiger partial charge in [0, 0.05) is 16.8 Å². The first-order chi connectivity index (χ1) is 18.8. The smallest absolute Gasteiger partial charge is 0.231 e. The summed E-state index contributed by atoms with van der Waals surface area (Å²) in [4.78, 5) is 15.8. The van der Waals surface area contributed by atoms with Gasteiger partial charge in [0.15, 0.2) is 11.6 Å². The van der Waals surface area contributed by atoms with Crippen molar-refractivity contribution in [3.8, 4) is 5.75 Å². The van der Waals surface area contributed by atoms with E-state index in [0.29, 0.717) is 23.3 Å². The fourth-order valence-electron chi connectivity index (χ4n) is 4.66. The molecule has 222 valence electrons. The normalized spacial score (nSPS) is 12.0. The average molecular weight is 585 g/mol. The molecule has 40 heavy (non-hydrogen) atoms. The lowest BCUT2D eigenvalue weighted by Crippen LogP contribution is -2.18. The lowest BCUT2D eigenvalue weighted by molar-refractivity contribution is 0.423. The number of aromatic nitrogens is 3. The summed E-state index contributed by atoms with van der Waals surface area (Å²) in [6.07, 6.45) is 13.4. The second-order valence-corrected chi connectivity index (χ2v) is 14.0. The minimum atomic E-state index is -0.240. The van der Waals surface area contributed by atoms with Crippen molar-refractivity contribution in [1.82, 2.24) is 15.0 Å². The molecule has 0 radical (unpaired) electrons. The van der Waals surface area contributed by atoms with E-state index in [-0.39, 0.29) is 10.8 Å². The highest BCUT2D eigenvalue weighted by Gasteiger charge is 2.27. The molecule has 0 saturated heterocycles. The van der Waals surface area contributed by atoms with Gasteiger partial charge in [0.25, 0.3) is 0 Å². The van der Waals surface area contributed by atoms with E-state index in [9.17, 15) is 5.11 Å². The molecule has 7 heteroatoms. The van der Waals surface area contributed by atoms with Gasteiger partial charge in [-0.25, -0.2) is 4.98 Å². The van der Waals surface area contributed by atoms with Crippen molar-refractivity contribution >= 4 is 45.8 Å². The Morgan fingerprint density at radius 1 is 0.675 bits per heavy atom. The van der Waals surface area contributed by atoms with Gasteiger partial charge in [-0.2, -0.15) is 9.97 Å². The van der Waals surface area contributed by atoms with E-state index in [1.165, 1.54) is 38.5 Å². The summed E-state index contributed by atoms with van der Waals surface area (Å²) >= 11 is 11.6. The third-order valence-electron chi connectivity index (χ3n) is 7.13. The second-order valence-electron chi connectivity index (χ2n) is 13.0. The number of nitrogens with one attached hydrogen (secondary N) is 1. The first-order valence-corrected chi connectivity index (χ1v) is 16.1. The maximum absolute atomic E-state index is 11.2. The monoisotopic (exact) mass is 584 g/mol. The van der Waals surface area contributed by atoms with Crippen LogP contribution in [0, 0.1) is 0 Å². The summed E-state index contributed by atoms with van der Waals surface area (Å²) in [7, 11) is 0. The molecule has 0 bridgehead atoms. The summed E-state index contributed by atoms with van der Waals surface area (Å²) in [5.41, 5.74) is 2.10. The number of benzene rings is 1. The lowest BCUT2D eigenvalue weighted by atomic mass is 9.79. The maximum Gasteiger partial charge on any atom is 0.231 e. The minimum Gasteiger partial charge on any atom is -0.507 e. The average Bonchev–Trinajstić information content (AvgIpc) is 2.87. The van der Waals surface area contributed by atoms with E-state index in [1.807, 2.05) is 12.1 Å². The van der Waals surface area contributed by atoms with Crippen LogP contribution in [0.25, 0.3) is 0 Å². The number of aromatic hydroxyl groups is 1. The van der Waals surface area contributed by atoms with Gasteiger partial charge in [-0.05, 0) is 48.6 Å². The molecule has 0 unspecified atom stereocenters. The summed E-state index contributed by atoms with van der Waals surface area (Å²) in [5, 5.41) is 14.6. The van der Waals surface area contributed by atoms with Crippen LogP contribution in [0.15, 0.2) is 12.1 Å². The Kier molecular flexibility index (Phi) is 13.6. The Morgan fingerprint density at radius 3 is 1.45 bits per heavy atom. The molecule has 0 amide bonds. The van der Waals surface area contributed by atoms with Gasteiger partial charge >= 0.3 is 0 Å². The minimum absolute atomic E-state index is 0.240. The summed E-state index contributed by atoms with van der Waals surface area (Å²) in [6.45, 7) is 17.1. The van der Waals surface area contributed by atoms with Crippen LogP contribution in [-0.4, -0.2) is 29.8 Å². The van der Waals surface area contributed by atoms with Crippen molar-refractivity contribution in [2.75, 3.05) is 5.32 Å². The molecule has 2 N–H and O–H groups in total. The zero-order valence-electron chi connectivity index (χ0n) is 26.2. The number of phenols is 1. The van der Waals surface area contributed by atoms with Gasteiger partial charge in [0.1, 0.15) is 5.75 Å². The van der Waals surface area contributed by atoms with Gasteiger partial charge in [-0.1, -0.05) is 131 Å². The van der Waals surface area contributed by atoms with Gasteiger partial charge in [0.05, 0.1) is 9.73 Å². The third kappa shape index (κ3) is 10.8. The van der Waals surface area contributed by atoms with Gasteiger partial charge in [0.2, 0.25) is 5.95 Å². The zero-order chi connectivity index (χ0) is 29.9. The number of rotatable bonds is 16. The molecule has 0 fully saturated rings. The maximum atomic E-state index is 11.2. The molecule has 2 aromatic rings. The van der Waals surface area contributed by atoms with Crippen molar-refractivity contribution in [3.05, 3.63) is 34.9 Å². The van der Waals surface area contributed by atoms with Crippen LogP contribution < -0.4 is 5.32 Å². The van der Waals surface area contributed by atoms with Crippen LogP contribution in [0.2, 0.25) is 0 Å². The Balaban J connectivity index is 2.42. The predicted octanol–water partition coefficient (Wildman–Crippen LogP) is 10.1. The van der Waals surface area contributed by atoms with Crippen molar-refractivity contribution in [2.24, 2.45) is 0 Å². The molecule has 0 saturated carbocycles. The van der Waals surface area contributed by atoms with E-state index < -0.39 is 0 Å². The van der Waals surface area contributed by atoms with E-state index in [4.69, 9.17) is 39.4 Å². The standard InChI is InChI=1S/C33H52N4OS2/c1-9-11-13-15-17-19-26(39)29-35-30(27(40)20-18-16-14-12-10-2)37-31(36-29)34-23-21-24(32(3,4)5)28(38)25(22-23)33(6,7)8/h21-22,38H,9-20H2,1-8H3,(H,34,35,36,37). The van der Waals surface area contributed by atoms with E-state index in [0.717, 1.165) is 65.1 Å². The van der Waals surface area contributed by atoms with Crippen LogP contribution in [0.4, 0.5) is 11.6 Å². The lowest BCUT2D eigenvalue weighted by Gasteiger charge is -2.28. The highest BCUT2D eigenvalue weighted by molar-refractivity contribution is 7.81. The molecule has 0 spiro atoms. The van der Waals surface area contributed by atoms with Crippen LogP contribution in [-0.2, 0) is 10.8 Å². The van der Waals surface area contributed by atoms with Crippen LogP contribution in [0.1, 0.15) is 155 Å². The molecule has 1 heterocycles. The van der Waals surface area contributed by atoms with Crippen molar-refractivity contribution in [1.29, 1.82) is 0 Å². The molecule has 0 aliphatic carbocycles. The molecule has 5 nitrogen and oxygen atoms in total. The number of hydrogen-bond donors (Lipinski definition) is 2. The molecule has 1 aromatic heterocycles. The Hall–Kier alpha value is -1.99. The predicted molar refractivity (Wildman–Crippen MR) is 179 cm³/mol. The highest BCUT2D eigenvalue weighted by atomic mass is 32.1. The van der Waals surface area contributed by atoms with Gasteiger partial charge in [-0.15, -0.1) is 0 Å². The molecule has 2 rings (SSSR count). The molecule has 0 aliphatic rings. The number of phenolic OH excluding ortho intramolecular Hbond substituents is 1. The number of nitrogens with zero attached hydrogens (tertiary/aromatic N) is 3. The largest absolute Gasteiger partial charge is 0.507 e.